The molecule has 2 aromatic rings. The van der Waals surface area contributed by atoms with Crippen LogP contribution < -0.4 is 10.1 Å². The second kappa shape index (κ2) is 6.81. The molecule has 0 radical (unpaired) electrons. The number of hydrogen-bond acceptors (Lipinski definition) is 3. The summed E-state index contributed by atoms with van der Waals surface area (Å²) in [5.74, 6) is 0.663. The van der Waals surface area contributed by atoms with Crippen LogP contribution in [0.4, 0.5) is 4.39 Å². The Kier molecular flexibility index (Phi) is 5.09. The van der Waals surface area contributed by atoms with Crippen molar-refractivity contribution in [2.45, 2.75) is 19.9 Å². The monoisotopic (exact) mass is 338 g/mol. The summed E-state index contributed by atoms with van der Waals surface area (Å²) in [5.41, 5.74) is 0.942. The van der Waals surface area contributed by atoms with Crippen LogP contribution in [0.1, 0.15) is 25.6 Å². The highest BCUT2D eigenvalue weighted by atomic mass is 79.9. The zero-order valence-corrected chi connectivity index (χ0v) is 12.9. The van der Waals surface area contributed by atoms with Gasteiger partial charge in [-0.1, -0.05) is 6.92 Å². The highest BCUT2D eigenvalue weighted by Crippen LogP contribution is 2.30. The molecule has 0 fully saturated rings. The SMILES string of the molecule is CCNC(C)c1ccc(Oc2cc(F)ccc2Br)cn1. The molecule has 3 nitrogen and oxygen atoms in total. The van der Waals surface area contributed by atoms with Crippen molar-refractivity contribution in [2.75, 3.05) is 6.54 Å². The number of nitrogens with one attached hydrogen (secondary N) is 1. The standard InChI is InChI=1S/C15H16BrFN2O/c1-3-18-10(2)14-7-5-12(9-19-14)20-15-8-11(17)4-6-13(15)16/h4-10,18H,3H2,1-2H3. The molecular formula is C15H16BrFN2O. The molecule has 20 heavy (non-hydrogen) atoms. The molecule has 0 saturated heterocycles. The van der Waals surface area contributed by atoms with Crippen LogP contribution in [-0.4, -0.2) is 11.5 Å². The van der Waals surface area contributed by atoms with Gasteiger partial charge in [0.15, 0.2) is 0 Å². The van der Waals surface area contributed by atoms with Crippen molar-refractivity contribution >= 4 is 15.9 Å². The first-order valence-electron chi connectivity index (χ1n) is 6.42. The lowest BCUT2D eigenvalue weighted by Gasteiger charge is -2.12. The van der Waals surface area contributed by atoms with E-state index in [-0.39, 0.29) is 11.9 Å². The fraction of sp³-hybridized carbons (Fsp3) is 0.267. The van der Waals surface area contributed by atoms with Crippen LogP contribution in [0.3, 0.4) is 0 Å². The van der Waals surface area contributed by atoms with Crippen molar-refractivity contribution in [3.63, 3.8) is 0 Å². The Morgan fingerprint density at radius 3 is 2.80 bits per heavy atom. The van der Waals surface area contributed by atoms with Crippen LogP contribution in [-0.2, 0) is 0 Å². The van der Waals surface area contributed by atoms with Crippen molar-refractivity contribution in [1.82, 2.24) is 10.3 Å². The molecule has 106 valence electrons. The third kappa shape index (κ3) is 3.77. The quantitative estimate of drug-likeness (QED) is 0.874. The van der Waals surface area contributed by atoms with Gasteiger partial charge < -0.3 is 10.1 Å². The van der Waals surface area contributed by atoms with Crippen molar-refractivity contribution in [1.29, 1.82) is 0 Å². The molecule has 1 atom stereocenters. The average molecular weight is 339 g/mol. The minimum Gasteiger partial charge on any atom is -0.454 e. The molecule has 1 N–H and O–H groups in total. The van der Waals surface area contributed by atoms with Gasteiger partial charge >= 0.3 is 0 Å². The van der Waals surface area contributed by atoms with Gasteiger partial charge in [0.05, 0.1) is 16.4 Å². The minimum atomic E-state index is -0.339. The van der Waals surface area contributed by atoms with Gasteiger partial charge in [-0.15, -0.1) is 0 Å². The highest BCUT2D eigenvalue weighted by Gasteiger charge is 2.07. The fourth-order valence-electron chi connectivity index (χ4n) is 1.80. The average Bonchev–Trinajstić information content (AvgIpc) is 2.44. The third-order valence-electron chi connectivity index (χ3n) is 2.83. The molecule has 5 heteroatoms. The molecule has 0 saturated carbocycles. The van der Waals surface area contributed by atoms with E-state index in [2.05, 4.69) is 40.1 Å². The van der Waals surface area contributed by atoms with E-state index < -0.39 is 0 Å². The lowest BCUT2D eigenvalue weighted by Crippen LogP contribution is -2.18. The maximum Gasteiger partial charge on any atom is 0.145 e. The fourth-order valence-corrected chi connectivity index (χ4v) is 2.13. The molecule has 1 heterocycles. The van der Waals surface area contributed by atoms with Crippen molar-refractivity contribution in [3.8, 4) is 11.5 Å². The Bertz CT molecular complexity index is 575. The molecule has 0 bridgehead atoms. The van der Waals surface area contributed by atoms with Crippen LogP contribution in [0.5, 0.6) is 11.5 Å². The zero-order chi connectivity index (χ0) is 14.5. The summed E-state index contributed by atoms with van der Waals surface area (Å²) in [6.07, 6.45) is 1.64. The van der Waals surface area contributed by atoms with Gasteiger partial charge in [0.25, 0.3) is 0 Å². The van der Waals surface area contributed by atoms with E-state index in [1.165, 1.54) is 12.1 Å². The number of aromatic nitrogens is 1. The van der Waals surface area contributed by atoms with E-state index in [9.17, 15) is 4.39 Å². The van der Waals surface area contributed by atoms with Gasteiger partial charge in [0.1, 0.15) is 17.3 Å². The van der Waals surface area contributed by atoms with Crippen molar-refractivity contribution in [2.24, 2.45) is 0 Å². The van der Waals surface area contributed by atoms with Crippen molar-refractivity contribution in [3.05, 3.63) is 52.5 Å². The molecule has 0 aliphatic heterocycles. The second-order valence-electron chi connectivity index (χ2n) is 4.37. The number of ether oxygens (including phenoxy) is 1. The molecule has 2 rings (SSSR count). The summed E-state index contributed by atoms with van der Waals surface area (Å²) >= 11 is 3.32. The Labute approximate surface area is 126 Å². The summed E-state index contributed by atoms with van der Waals surface area (Å²) in [7, 11) is 0. The third-order valence-corrected chi connectivity index (χ3v) is 3.49. The van der Waals surface area contributed by atoms with E-state index in [0.29, 0.717) is 16.0 Å². The van der Waals surface area contributed by atoms with E-state index >= 15 is 0 Å². The van der Waals surface area contributed by atoms with Gasteiger partial charge in [0, 0.05) is 12.1 Å². The van der Waals surface area contributed by atoms with Crippen LogP contribution in [0.2, 0.25) is 0 Å². The Hall–Kier alpha value is -1.46. The lowest BCUT2D eigenvalue weighted by atomic mass is 10.2. The summed E-state index contributed by atoms with van der Waals surface area (Å²) in [6, 6.07) is 8.23. The van der Waals surface area contributed by atoms with Crippen LogP contribution in [0.15, 0.2) is 41.0 Å². The van der Waals surface area contributed by atoms with Crippen LogP contribution in [0.25, 0.3) is 0 Å². The number of nitrogens with zero attached hydrogens (tertiary/aromatic N) is 1. The molecule has 0 aliphatic rings. The van der Waals surface area contributed by atoms with Gasteiger partial charge in [-0.25, -0.2) is 4.39 Å². The Morgan fingerprint density at radius 2 is 2.15 bits per heavy atom. The number of pyridine rings is 1. The molecular weight excluding hydrogens is 323 g/mol. The second-order valence-corrected chi connectivity index (χ2v) is 5.23. The van der Waals surface area contributed by atoms with Gasteiger partial charge in [-0.05, 0) is 53.7 Å². The molecule has 1 aromatic carbocycles. The van der Waals surface area contributed by atoms with E-state index in [4.69, 9.17) is 4.74 Å². The van der Waals surface area contributed by atoms with Gasteiger partial charge in [-0.3, -0.25) is 4.98 Å². The Morgan fingerprint density at radius 1 is 1.35 bits per heavy atom. The number of benzene rings is 1. The normalized spacial score (nSPS) is 12.2. The molecule has 1 aromatic heterocycles. The highest BCUT2D eigenvalue weighted by molar-refractivity contribution is 9.10. The first kappa shape index (κ1) is 14.9. The molecule has 0 amide bonds. The zero-order valence-electron chi connectivity index (χ0n) is 11.4. The Balaban J connectivity index is 2.12. The maximum atomic E-state index is 13.2. The first-order valence-corrected chi connectivity index (χ1v) is 7.21. The van der Waals surface area contributed by atoms with Crippen LogP contribution >= 0.6 is 15.9 Å². The predicted molar refractivity (Wildman–Crippen MR) is 80.5 cm³/mol. The molecule has 0 aliphatic carbocycles. The lowest BCUT2D eigenvalue weighted by molar-refractivity contribution is 0.469. The molecule has 1 unspecified atom stereocenters. The predicted octanol–water partition coefficient (Wildman–Crippen LogP) is 4.45. The summed E-state index contributed by atoms with van der Waals surface area (Å²) in [5, 5.41) is 3.29. The minimum absolute atomic E-state index is 0.190. The van der Waals surface area contributed by atoms with E-state index in [1.54, 1.807) is 12.3 Å². The topological polar surface area (TPSA) is 34.1 Å². The largest absolute Gasteiger partial charge is 0.454 e. The first-order chi connectivity index (χ1) is 9.60. The van der Waals surface area contributed by atoms with Crippen molar-refractivity contribution < 1.29 is 9.13 Å². The summed E-state index contributed by atoms with van der Waals surface area (Å²) in [6.45, 7) is 4.99. The number of rotatable bonds is 5. The number of halogens is 2. The van der Waals surface area contributed by atoms with E-state index in [0.717, 1.165) is 12.2 Å². The number of hydrogen-bond donors (Lipinski definition) is 1. The van der Waals surface area contributed by atoms with Gasteiger partial charge in [-0.2, -0.15) is 0 Å². The smallest absolute Gasteiger partial charge is 0.145 e. The summed E-state index contributed by atoms with van der Waals surface area (Å²) in [4.78, 5) is 4.35. The van der Waals surface area contributed by atoms with Gasteiger partial charge in [0.2, 0.25) is 0 Å². The summed E-state index contributed by atoms with van der Waals surface area (Å²) < 4.78 is 19.5. The van der Waals surface area contributed by atoms with Crippen LogP contribution in [0, 0.1) is 5.82 Å². The molecule has 0 spiro atoms. The van der Waals surface area contributed by atoms with E-state index in [1.807, 2.05) is 12.1 Å². The maximum absolute atomic E-state index is 13.2.